The molecule has 0 radical (unpaired) electrons. The molecule has 0 aromatic heterocycles. The zero-order chi connectivity index (χ0) is 17.8. The summed E-state index contributed by atoms with van der Waals surface area (Å²) in [4.78, 5) is 24.1. The second-order valence-electron chi connectivity index (χ2n) is 5.97. The molecular weight excluding hydrogens is 347 g/mol. The summed E-state index contributed by atoms with van der Waals surface area (Å²) in [5, 5.41) is 9.86. The minimum atomic E-state index is -5.17. The average Bonchev–Trinajstić information content (AvgIpc) is 2.92. The summed E-state index contributed by atoms with van der Waals surface area (Å²) in [7, 11) is 0. The van der Waals surface area contributed by atoms with Crippen LogP contribution in [0.3, 0.4) is 0 Å². The highest BCUT2D eigenvalue weighted by atomic mass is 35.5. The first-order valence-corrected chi connectivity index (χ1v) is 7.60. The van der Waals surface area contributed by atoms with E-state index in [-0.39, 0.29) is 18.0 Å². The third-order valence-corrected chi connectivity index (χ3v) is 4.72. The summed E-state index contributed by atoms with van der Waals surface area (Å²) < 4.78 is 39.3. The second kappa shape index (κ2) is 5.51. The number of benzene rings is 1. The molecule has 1 aromatic rings. The fourth-order valence-corrected chi connectivity index (χ4v) is 3.95. The molecule has 1 heterocycles. The van der Waals surface area contributed by atoms with Crippen molar-refractivity contribution >= 4 is 29.2 Å². The lowest BCUT2D eigenvalue weighted by Gasteiger charge is -2.43. The normalized spacial score (nSPS) is 25.4. The summed E-state index contributed by atoms with van der Waals surface area (Å²) >= 11 is 6.02. The molecule has 2 aliphatic rings. The Bertz CT molecular complexity index is 760. The van der Waals surface area contributed by atoms with Gasteiger partial charge in [-0.15, -0.1) is 0 Å². The van der Waals surface area contributed by atoms with E-state index in [1.165, 1.54) is 19.1 Å². The van der Waals surface area contributed by atoms with E-state index >= 15 is 0 Å². The monoisotopic (exact) mass is 359 g/mol. The molecule has 24 heavy (non-hydrogen) atoms. The summed E-state index contributed by atoms with van der Waals surface area (Å²) in [5.41, 5.74) is 0.774. The molecule has 0 saturated carbocycles. The van der Waals surface area contributed by atoms with Gasteiger partial charge in [0.1, 0.15) is 6.04 Å². The predicted octanol–water partition coefficient (Wildman–Crippen LogP) is 3.67. The Morgan fingerprint density at radius 1 is 1.33 bits per heavy atom. The van der Waals surface area contributed by atoms with Crippen molar-refractivity contribution in [2.24, 2.45) is 5.92 Å². The van der Waals surface area contributed by atoms with Gasteiger partial charge in [0.2, 0.25) is 0 Å². The molecule has 0 saturated heterocycles. The molecule has 1 amide bonds. The van der Waals surface area contributed by atoms with Crippen molar-refractivity contribution in [3.63, 3.8) is 0 Å². The number of alkyl halides is 3. The first-order valence-electron chi connectivity index (χ1n) is 7.23. The number of nitrogens with zero attached hydrogens (tertiary/aromatic N) is 1. The van der Waals surface area contributed by atoms with Crippen LogP contribution in [0.25, 0.3) is 0 Å². The number of halogens is 4. The number of aryl methyl sites for hydroxylation is 1. The van der Waals surface area contributed by atoms with Crippen molar-refractivity contribution in [3.8, 4) is 0 Å². The number of hydrogen-bond donors (Lipinski definition) is 1. The number of carbonyl (C=O) groups excluding carboxylic acids is 1. The number of fused-ring (bicyclic) bond motifs is 3. The molecule has 0 bridgehead atoms. The van der Waals surface area contributed by atoms with Crippen molar-refractivity contribution in [1.29, 1.82) is 0 Å². The topological polar surface area (TPSA) is 57.6 Å². The Morgan fingerprint density at radius 3 is 2.58 bits per heavy atom. The third-order valence-electron chi connectivity index (χ3n) is 4.51. The molecule has 0 spiro atoms. The number of amides is 1. The Balaban J connectivity index is 2.28. The molecule has 128 valence electrons. The lowest BCUT2D eigenvalue weighted by atomic mass is 9.77. The fourth-order valence-electron chi connectivity index (χ4n) is 3.66. The number of allylic oxidation sites excluding steroid dienone is 2. The highest BCUT2D eigenvalue weighted by molar-refractivity contribution is 6.31. The maximum Gasteiger partial charge on any atom is 0.471 e. The van der Waals surface area contributed by atoms with E-state index in [1.807, 2.05) is 0 Å². The predicted molar refractivity (Wildman–Crippen MR) is 81.1 cm³/mol. The van der Waals surface area contributed by atoms with Crippen LogP contribution in [-0.4, -0.2) is 29.2 Å². The van der Waals surface area contributed by atoms with E-state index in [1.54, 1.807) is 12.2 Å². The summed E-state index contributed by atoms with van der Waals surface area (Å²) in [6.07, 6.45) is -1.39. The van der Waals surface area contributed by atoms with Crippen LogP contribution in [0.4, 0.5) is 18.9 Å². The van der Waals surface area contributed by atoms with Gasteiger partial charge in [-0.05, 0) is 36.6 Å². The number of carboxylic acids is 1. The molecule has 8 heteroatoms. The van der Waals surface area contributed by atoms with Crippen molar-refractivity contribution in [2.45, 2.75) is 31.5 Å². The maximum absolute atomic E-state index is 13.1. The number of aliphatic carboxylic acids is 1. The minimum absolute atomic E-state index is 0.0121. The van der Waals surface area contributed by atoms with Crippen LogP contribution in [0.5, 0.6) is 0 Å². The van der Waals surface area contributed by atoms with Gasteiger partial charge in [-0.3, -0.25) is 9.69 Å². The average molecular weight is 360 g/mol. The molecule has 1 aliphatic heterocycles. The summed E-state index contributed by atoms with van der Waals surface area (Å²) in [6.45, 7) is 1.51. The minimum Gasteiger partial charge on any atom is -0.480 e. The van der Waals surface area contributed by atoms with Crippen molar-refractivity contribution < 1.29 is 27.9 Å². The Labute approximate surface area is 140 Å². The zero-order valence-corrected chi connectivity index (χ0v) is 13.2. The van der Waals surface area contributed by atoms with Crippen LogP contribution in [0.15, 0.2) is 24.3 Å². The summed E-state index contributed by atoms with van der Waals surface area (Å²) in [5.74, 6) is -4.66. The van der Waals surface area contributed by atoms with Crippen molar-refractivity contribution in [1.82, 2.24) is 0 Å². The van der Waals surface area contributed by atoms with Gasteiger partial charge in [-0.2, -0.15) is 13.2 Å². The van der Waals surface area contributed by atoms with E-state index < -0.39 is 30.0 Å². The highest BCUT2D eigenvalue weighted by Gasteiger charge is 2.54. The fraction of sp³-hybridized carbons (Fsp3) is 0.375. The summed E-state index contributed by atoms with van der Waals surface area (Å²) in [6, 6.07) is 1.35. The lowest BCUT2D eigenvalue weighted by Crippen LogP contribution is -2.57. The van der Waals surface area contributed by atoms with Gasteiger partial charge in [-0.1, -0.05) is 23.8 Å². The largest absolute Gasteiger partial charge is 0.480 e. The standard InChI is InChI=1S/C16H13ClF3NO3/c1-7-5-8(17)6-11-9-3-2-4-10(9)13(14(22)23)21(12(7)11)15(24)16(18,19)20/h2-3,5-6,9-10,13H,4H2,1H3,(H,22,23)/t9-,10+,13-/m1/s1. The Morgan fingerprint density at radius 2 is 2.00 bits per heavy atom. The van der Waals surface area contributed by atoms with Crippen LogP contribution in [-0.2, 0) is 9.59 Å². The first kappa shape index (κ1) is 16.8. The van der Waals surface area contributed by atoms with E-state index in [0.717, 1.165) is 0 Å². The van der Waals surface area contributed by atoms with E-state index in [2.05, 4.69) is 0 Å². The second-order valence-corrected chi connectivity index (χ2v) is 6.41. The first-order chi connectivity index (χ1) is 11.1. The SMILES string of the molecule is Cc1cc(Cl)cc2c1N(C(=O)C(F)(F)F)[C@@H](C(=O)O)[C@H]1CC=C[C@@H]21. The van der Waals surface area contributed by atoms with Gasteiger partial charge in [0.15, 0.2) is 0 Å². The van der Waals surface area contributed by atoms with Crippen LogP contribution in [0.1, 0.15) is 23.5 Å². The quantitative estimate of drug-likeness (QED) is 0.778. The number of hydrogen-bond acceptors (Lipinski definition) is 2. The molecular formula is C16H13ClF3NO3. The van der Waals surface area contributed by atoms with Crippen LogP contribution < -0.4 is 4.90 Å². The maximum atomic E-state index is 13.1. The molecule has 0 fully saturated rings. The van der Waals surface area contributed by atoms with Gasteiger partial charge < -0.3 is 5.11 Å². The van der Waals surface area contributed by atoms with Crippen molar-refractivity contribution in [3.05, 3.63) is 40.4 Å². The molecule has 1 aromatic carbocycles. The molecule has 1 N–H and O–H groups in total. The van der Waals surface area contributed by atoms with Gasteiger partial charge in [0.05, 0.1) is 5.69 Å². The molecule has 0 unspecified atom stereocenters. The third kappa shape index (κ3) is 2.47. The van der Waals surface area contributed by atoms with Crippen molar-refractivity contribution in [2.75, 3.05) is 4.90 Å². The zero-order valence-electron chi connectivity index (χ0n) is 12.5. The van der Waals surface area contributed by atoms with E-state index in [0.29, 0.717) is 21.0 Å². The van der Waals surface area contributed by atoms with Crippen LogP contribution in [0, 0.1) is 12.8 Å². The molecule has 3 atom stereocenters. The van der Waals surface area contributed by atoms with E-state index in [4.69, 9.17) is 11.6 Å². The van der Waals surface area contributed by atoms with Gasteiger partial charge in [-0.25, -0.2) is 4.79 Å². The Hall–Kier alpha value is -2.02. The smallest absolute Gasteiger partial charge is 0.471 e. The molecule has 4 nitrogen and oxygen atoms in total. The van der Waals surface area contributed by atoms with Crippen LogP contribution >= 0.6 is 11.6 Å². The molecule has 1 aliphatic carbocycles. The number of carbonyl (C=O) groups is 2. The van der Waals surface area contributed by atoms with Crippen LogP contribution in [0.2, 0.25) is 5.02 Å². The lowest BCUT2D eigenvalue weighted by molar-refractivity contribution is -0.172. The van der Waals surface area contributed by atoms with Gasteiger partial charge in [0.25, 0.3) is 0 Å². The number of carboxylic acid groups (broad SMARTS) is 1. The van der Waals surface area contributed by atoms with Gasteiger partial charge >= 0.3 is 18.1 Å². The Kier molecular flexibility index (Phi) is 3.86. The highest BCUT2D eigenvalue weighted by Crippen LogP contribution is 2.50. The number of anilines is 1. The van der Waals surface area contributed by atoms with Gasteiger partial charge in [0, 0.05) is 16.9 Å². The van der Waals surface area contributed by atoms with E-state index in [9.17, 15) is 27.9 Å². The number of rotatable bonds is 1. The molecule has 3 rings (SSSR count).